The fourth-order valence-electron chi connectivity index (χ4n) is 4.17. The van der Waals surface area contributed by atoms with E-state index in [4.69, 9.17) is 4.18 Å². The van der Waals surface area contributed by atoms with E-state index in [-0.39, 0.29) is 22.7 Å². The molecule has 0 saturated heterocycles. The summed E-state index contributed by atoms with van der Waals surface area (Å²) in [6, 6.07) is 9.28. The smallest absolute Gasteiger partial charge is 0.297 e. The fourth-order valence-corrected chi connectivity index (χ4v) is 5.97. The van der Waals surface area contributed by atoms with E-state index in [9.17, 15) is 13.5 Å². The first-order chi connectivity index (χ1) is 15.3. The molecule has 1 fully saturated rings. The van der Waals surface area contributed by atoms with Crippen molar-refractivity contribution in [1.29, 1.82) is 0 Å². The number of allylic oxidation sites excluding steroid dienone is 4. The van der Waals surface area contributed by atoms with E-state index >= 15 is 0 Å². The molecule has 1 saturated carbocycles. The van der Waals surface area contributed by atoms with E-state index in [1.54, 1.807) is 0 Å². The maximum atomic E-state index is 13.9. The highest BCUT2D eigenvalue weighted by molar-refractivity contribution is 7.91. The molecule has 184 valence electrons. The summed E-state index contributed by atoms with van der Waals surface area (Å²) in [7, 11) is -4.19. The molecule has 0 amide bonds. The van der Waals surface area contributed by atoms with Gasteiger partial charge in [0.25, 0.3) is 10.1 Å². The Morgan fingerprint density at radius 3 is 2.18 bits per heavy atom. The molecule has 0 radical (unpaired) electrons. The first-order valence-electron chi connectivity index (χ1n) is 12.1. The van der Waals surface area contributed by atoms with Crippen LogP contribution in [0.4, 0.5) is 0 Å². The molecule has 1 aromatic rings. The van der Waals surface area contributed by atoms with Crippen LogP contribution in [0, 0.1) is 17.8 Å². The van der Waals surface area contributed by atoms with Crippen LogP contribution in [0.5, 0.6) is 0 Å². The Morgan fingerprint density at radius 2 is 1.67 bits per heavy atom. The highest BCUT2D eigenvalue weighted by Crippen LogP contribution is 2.42. The highest BCUT2D eigenvalue weighted by Gasteiger charge is 2.45. The zero-order chi connectivity index (χ0) is 25.0. The van der Waals surface area contributed by atoms with Crippen LogP contribution in [0.3, 0.4) is 0 Å². The van der Waals surface area contributed by atoms with Gasteiger partial charge in [0.2, 0.25) is 0 Å². The van der Waals surface area contributed by atoms with Crippen molar-refractivity contribution in [1.82, 2.24) is 0 Å². The third-order valence-electron chi connectivity index (χ3n) is 6.74. The van der Waals surface area contributed by atoms with E-state index in [2.05, 4.69) is 20.4 Å². The van der Waals surface area contributed by atoms with Crippen molar-refractivity contribution in [2.75, 3.05) is 0 Å². The average molecular weight is 475 g/mol. The van der Waals surface area contributed by atoms with E-state index in [0.29, 0.717) is 29.6 Å². The lowest BCUT2D eigenvalue weighted by Gasteiger charge is -2.39. The second-order valence-electron chi connectivity index (χ2n) is 10.2. The summed E-state index contributed by atoms with van der Waals surface area (Å²) in [5.41, 5.74) is 1.68. The summed E-state index contributed by atoms with van der Waals surface area (Å²) in [4.78, 5) is 0.161. The van der Waals surface area contributed by atoms with Gasteiger partial charge in [-0.25, -0.2) is 0 Å². The number of hydrogen-bond donors (Lipinski definition) is 1. The van der Waals surface area contributed by atoms with Crippen molar-refractivity contribution in [3.8, 4) is 0 Å². The molecule has 4 nitrogen and oxygen atoms in total. The maximum absolute atomic E-state index is 13.9. The van der Waals surface area contributed by atoms with Crippen LogP contribution >= 0.6 is 0 Å². The Kier molecular flexibility index (Phi) is 9.32. The van der Waals surface area contributed by atoms with Gasteiger partial charge < -0.3 is 5.11 Å². The van der Waals surface area contributed by atoms with E-state index < -0.39 is 21.8 Å². The average Bonchev–Trinajstić information content (AvgIpc) is 2.74. The van der Waals surface area contributed by atoms with Crippen LogP contribution in [0.2, 0.25) is 0 Å². The first kappa shape index (κ1) is 27.6. The van der Waals surface area contributed by atoms with Gasteiger partial charge >= 0.3 is 0 Å². The summed E-state index contributed by atoms with van der Waals surface area (Å²) in [6.07, 6.45) is 3.69. The van der Waals surface area contributed by atoms with Gasteiger partial charge in [-0.3, -0.25) is 4.18 Å². The molecule has 1 aromatic carbocycles. The first-order valence-corrected chi connectivity index (χ1v) is 13.5. The summed E-state index contributed by atoms with van der Waals surface area (Å²) in [6.45, 7) is 18.2. The van der Waals surface area contributed by atoms with Crippen LogP contribution in [0.25, 0.3) is 0 Å². The molecule has 33 heavy (non-hydrogen) atoms. The predicted molar refractivity (Wildman–Crippen MR) is 137 cm³/mol. The monoisotopic (exact) mass is 474 g/mol. The summed E-state index contributed by atoms with van der Waals surface area (Å²) in [5, 5.41) is 11.6. The summed E-state index contributed by atoms with van der Waals surface area (Å²) in [5.74, 6) is 0.179. The minimum atomic E-state index is -4.19. The highest BCUT2D eigenvalue weighted by atomic mass is 32.2. The Bertz CT molecular complexity index is 984. The Hall–Kier alpha value is -1.69. The minimum Gasteiger partial charge on any atom is -0.382 e. The summed E-state index contributed by atoms with van der Waals surface area (Å²) >= 11 is 0. The molecular weight excluding hydrogens is 432 g/mol. The maximum Gasteiger partial charge on any atom is 0.297 e. The van der Waals surface area contributed by atoms with Crippen molar-refractivity contribution < 1.29 is 17.7 Å². The van der Waals surface area contributed by atoms with Crippen molar-refractivity contribution in [2.24, 2.45) is 17.8 Å². The lowest BCUT2D eigenvalue weighted by Crippen LogP contribution is -2.45. The van der Waals surface area contributed by atoms with Gasteiger partial charge in [0.15, 0.2) is 0 Å². The standard InChI is InChI=1S/C28H42O4S/c1-19(2)22(7)18-25(21(5)6)27(23(8)20(3)4)33(30,31)32-26-16-12-13-17-28(26,29)24-14-10-9-11-15-24/h9-11,14-15,18-21,26,29H,8,12-13,16-17H2,1-7H3. The molecule has 2 unspecified atom stereocenters. The molecule has 2 rings (SSSR count). The van der Waals surface area contributed by atoms with Crippen LogP contribution in [-0.4, -0.2) is 19.6 Å². The van der Waals surface area contributed by atoms with Gasteiger partial charge in [0.1, 0.15) is 16.6 Å². The third-order valence-corrected chi connectivity index (χ3v) is 8.22. The number of aliphatic hydroxyl groups is 1. The van der Waals surface area contributed by atoms with Gasteiger partial charge in [0.05, 0.1) is 0 Å². The zero-order valence-corrected chi connectivity index (χ0v) is 22.2. The van der Waals surface area contributed by atoms with Crippen LogP contribution in [0.15, 0.2) is 64.6 Å². The van der Waals surface area contributed by atoms with Crippen molar-refractivity contribution >= 4 is 10.1 Å². The number of benzene rings is 1. The molecule has 0 aliphatic heterocycles. The van der Waals surface area contributed by atoms with Gasteiger partial charge in [0, 0.05) is 0 Å². The van der Waals surface area contributed by atoms with E-state index in [0.717, 1.165) is 18.4 Å². The molecule has 5 heteroatoms. The molecule has 0 heterocycles. The molecule has 1 aliphatic rings. The largest absolute Gasteiger partial charge is 0.382 e. The van der Waals surface area contributed by atoms with Gasteiger partial charge in [-0.2, -0.15) is 8.42 Å². The van der Waals surface area contributed by atoms with Gasteiger partial charge in [-0.15, -0.1) is 0 Å². The number of hydrogen-bond acceptors (Lipinski definition) is 4. The normalized spacial score (nSPS) is 23.2. The second-order valence-corrected chi connectivity index (χ2v) is 11.7. The van der Waals surface area contributed by atoms with Crippen molar-refractivity contribution in [3.05, 3.63) is 70.2 Å². The van der Waals surface area contributed by atoms with Gasteiger partial charge in [-0.05, 0) is 54.2 Å². The molecule has 0 spiro atoms. The molecule has 0 bridgehead atoms. The Balaban J connectivity index is 2.63. The van der Waals surface area contributed by atoms with Crippen LogP contribution < -0.4 is 0 Å². The SMILES string of the molecule is C=C(C(=C(C=C(C)C(C)C)C(C)C)S(=O)(=O)OC1CCCCC1(O)c1ccccc1)C(C)C. The quantitative estimate of drug-likeness (QED) is 0.313. The zero-order valence-electron chi connectivity index (χ0n) is 21.4. The summed E-state index contributed by atoms with van der Waals surface area (Å²) < 4.78 is 33.7. The van der Waals surface area contributed by atoms with Crippen LogP contribution in [0.1, 0.15) is 79.7 Å². The molecule has 1 aliphatic carbocycles. The minimum absolute atomic E-state index is 0.0399. The Labute approximate surface area is 201 Å². The van der Waals surface area contributed by atoms with Gasteiger partial charge in [-0.1, -0.05) is 103 Å². The lowest BCUT2D eigenvalue weighted by molar-refractivity contribution is -0.0906. The predicted octanol–water partition coefficient (Wildman–Crippen LogP) is 6.89. The molecule has 2 atom stereocenters. The van der Waals surface area contributed by atoms with E-state index in [1.807, 2.05) is 71.0 Å². The van der Waals surface area contributed by atoms with Crippen molar-refractivity contribution in [3.63, 3.8) is 0 Å². The van der Waals surface area contributed by atoms with Crippen LogP contribution in [-0.2, 0) is 19.9 Å². The third kappa shape index (κ3) is 6.46. The molecule has 0 aromatic heterocycles. The fraction of sp³-hybridized carbons (Fsp3) is 0.571. The second kappa shape index (κ2) is 11.2. The molecular formula is C28H42O4S. The number of rotatable bonds is 9. The Morgan fingerprint density at radius 1 is 1.06 bits per heavy atom. The molecule has 1 N–H and O–H groups in total. The topological polar surface area (TPSA) is 63.6 Å². The lowest BCUT2D eigenvalue weighted by atomic mass is 9.77. The van der Waals surface area contributed by atoms with E-state index in [1.165, 1.54) is 0 Å². The van der Waals surface area contributed by atoms with Crippen molar-refractivity contribution in [2.45, 2.75) is 85.9 Å².